The molecule has 0 aliphatic heterocycles. The normalized spacial score (nSPS) is 10.4. The third-order valence-corrected chi connectivity index (χ3v) is 2.29. The number of hydrogen-bond donors (Lipinski definition) is 1. The summed E-state index contributed by atoms with van der Waals surface area (Å²) in [7, 11) is 0. The number of aryl methyl sites for hydroxylation is 2. The first-order valence-corrected chi connectivity index (χ1v) is 5.30. The molecule has 0 aliphatic carbocycles. The van der Waals surface area contributed by atoms with Crippen LogP contribution in [0.3, 0.4) is 0 Å². The Labute approximate surface area is 94.5 Å². The molecule has 0 aromatic carbocycles. The van der Waals surface area contributed by atoms with E-state index in [4.69, 9.17) is 0 Å². The third-order valence-electron chi connectivity index (χ3n) is 2.29. The van der Waals surface area contributed by atoms with Gasteiger partial charge in [-0.3, -0.25) is 4.98 Å². The molecule has 16 heavy (non-hydrogen) atoms. The maximum absolute atomic E-state index is 4.34. The zero-order valence-electron chi connectivity index (χ0n) is 9.73. The molecule has 2 rings (SSSR count). The molecule has 5 nitrogen and oxygen atoms in total. The van der Waals surface area contributed by atoms with Gasteiger partial charge in [0.1, 0.15) is 6.33 Å². The van der Waals surface area contributed by atoms with Gasteiger partial charge in [-0.15, -0.1) is 5.10 Å². The first-order valence-electron chi connectivity index (χ1n) is 5.30. The highest BCUT2D eigenvalue weighted by molar-refractivity contribution is 5.39. The Bertz CT molecular complexity index is 489. The van der Waals surface area contributed by atoms with Crippen molar-refractivity contribution in [3.63, 3.8) is 0 Å². The van der Waals surface area contributed by atoms with Gasteiger partial charge in [0.2, 0.25) is 5.95 Å². The number of rotatable bonds is 3. The fraction of sp³-hybridized carbons (Fsp3) is 0.364. The van der Waals surface area contributed by atoms with Crippen LogP contribution in [0.15, 0.2) is 18.6 Å². The molecule has 0 saturated heterocycles. The van der Waals surface area contributed by atoms with E-state index >= 15 is 0 Å². The summed E-state index contributed by atoms with van der Waals surface area (Å²) in [4.78, 5) is 8.40. The molecule has 1 N–H and O–H groups in total. The molecular formula is C11H15N5. The van der Waals surface area contributed by atoms with Crippen LogP contribution in [0.1, 0.15) is 18.2 Å². The minimum atomic E-state index is 0.649. The Morgan fingerprint density at radius 1 is 1.31 bits per heavy atom. The Morgan fingerprint density at radius 3 is 2.88 bits per heavy atom. The number of nitrogens with zero attached hydrogens (tertiary/aromatic N) is 4. The first kappa shape index (κ1) is 10.6. The summed E-state index contributed by atoms with van der Waals surface area (Å²) in [5.74, 6) is 0.649. The summed E-state index contributed by atoms with van der Waals surface area (Å²) >= 11 is 0. The van der Waals surface area contributed by atoms with Crippen LogP contribution < -0.4 is 5.32 Å². The minimum Gasteiger partial charge on any atom is -0.353 e. The third kappa shape index (κ3) is 2.03. The van der Waals surface area contributed by atoms with E-state index in [0.717, 1.165) is 23.5 Å². The highest BCUT2D eigenvalue weighted by atomic mass is 15.4. The molecule has 2 aromatic rings. The van der Waals surface area contributed by atoms with E-state index < -0.39 is 0 Å². The van der Waals surface area contributed by atoms with Gasteiger partial charge in [-0.2, -0.15) is 0 Å². The van der Waals surface area contributed by atoms with Gasteiger partial charge in [0.25, 0.3) is 0 Å². The van der Waals surface area contributed by atoms with Crippen LogP contribution in [-0.4, -0.2) is 26.3 Å². The molecule has 0 radical (unpaired) electrons. The monoisotopic (exact) mass is 217 g/mol. The Kier molecular flexibility index (Phi) is 2.85. The standard InChI is InChI=1S/C11H15N5/c1-4-12-11-14-7-16(15-11)10-5-9(3)13-6-8(10)2/h5-7H,4H2,1-3H3,(H,12,15). The van der Waals surface area contributed by atoms with Crippen LogP contribution in [0.2, 0.25) is 0 Å². The molecule has 0 bridgehead atoms. The second-order valence-electron chi connectivity index (χ2n) is 3.66. The van der Waals surface area contributed by atoms with Gasteiger partial charge < -0.3 is 5.32 Å². The van der Waals surface area contributed by atoms with Gasteiger partial charge in [0.05, 0.1) is 5.69 Å². The molecule has 0 amide bonds. The van der Waals surface area contributed by atoms with Gasteiger partial charge in [0, 0.05) is 18.4 Å². The van der Waals surface area contributed by atoms with Crippen molar-refractivity contribution in [1.29, 1.82) is 0 Å². The molecule has 0 unspecified atom stereocenters. The topological polar surface area (TPSA) is 55.6 Å². The average Bonchev–Trinajstić information content (AvgIpc) is 2.71. The van der Waals surface area contributed by atoms with E-state index in [0.29, 0.717) is 5.95 Å². The highest BCUT2D eigenvalue weighted by Crippen LogP contribution is 2.13. The predicted octanol–water partition coefficient (Wildman–Crippen LogP) is 1.71. The summed E-state index contributed by atoms with van der Waals surface area (Å²) < 4.78 is 1.77. The summed E-state index contributed by atoms with van der Waals surface area (Å²) in [6.07, 6.45) is 3.55. The minimum absolute atomic E-state index is 0.649. The SMILES string of the molecule is CCNc1ncn(-c2cc(C)ncc2C)n1. The Morgan fingerprint density at radius 2 is 2.12 bits per heavy atom. The van der Waals surface area contributed by atoms with Crippen LogP contribution >= 0.6 is 0 Å². The first-order chi connectivity index (χ1) is 7.70. The van der Waals surface area contributed by atoms with Gasteiger partial charge in [0.15, 0.2) is 0 Å². The smallest absolute Gasteiger partial charge is 0.242 e. The van der Waals surface area contributed by atoms with Crippen LogP contribution in [0.4, 0.5) is 5.95 Å². The van der Waals surface area contributed by atoms with Crippen LogP contribution in [0.5, 0.6) is 0 Å². The van der Waals surface area contributed by atoms with Crippen molar-refractivity contribution in [1.82, 2.24) is 19.7 Å². The molecule has 84 valence electrons. The molecule has 5 heteroatoms. The fourth-order valence-corrected chi connectivity index (χ4v) is 1.48. The lowest BCUT2D eigenvalue weighted by molar-refractivity contribution is 0.863. The maximum Gasteiger partial charge on any atom is 0.242 e. The quantitative estimate of drug-likeness (QED) is 0.850. The van der Waals surface area contributed by atoms with E-state index in [9.17, 15) is 0 Å². The van der Waals surface area contributed by atoms with Gasteiger partial charge in [-0.1, -0.05) is 0 Å². The number of anilines is 1. The number of aromatic nitrogens is 4. The summed E-state index contributed by atoms with van der Waals surface area (Å²) in [6.45, 7) is 6.81. The van der Waals surface area contributed by atoms with Crippen molar-refractivity contribution in [3.8, 4) is 5.69 Å². The summed E-state index contributed by atoms with van der Waals surface area (Å²) in [5, 5.41) is 7.41. The number of nitrogens with one attached hydrogen (secondary N) is 1. The van der Waals surface area contributed by atoms with E-state index in [-0.39, 0.29) is 0 Å². The van der Waals surface area contributed by atoms with Gasteiger partial charge >= 0.3 is 0 Å². The molecule has 0 spiro atoms. The van der Waals surface area contributed by atoms with Crippen molar-refractivity contribution >= 4 is 5.95 Å². The Hall–Kier alpha value is -1.91. The molecule has 0 fully saturated rings. The van der Waals surface area contributed by atoms with E-state index in [1.165, 1.54) is 0 Å². The lowest BCUT2D eigenvalue weighted by atomic mass is 10.2. The Balaban J connectivity index is 2.38. The van der Waals surface area contributed by atoms with Crippen LogP contribution in [0.25, 0.3) is 5.69 Å². The average molecular weight is 217 g/mol. The lowest BCUT2D eigenvalue weighted by Crippen LogP contribution is -2.02. The van der Waals surface area contributed by atoms with Crippen LogP contribution in [0, 0.1) is 13.8 Å². The van der Waals surface area contributed by atoms with Crippen molar-refractivity contribution in [2.45, 2.75) is 20.8 Å². The van der Waals surface area contributed by atoms with E-state index in [1.54, 1.807) is 11.0 Å². The zero-order chi connectivity index (χ0) is 11.5. The predicted molar refractivity (Wildman–Crippen MR) is 62.8 cm³/mol. The molecule has 2 aromatic heterocycles. The van der Waals surface area contributed by atoms with Gasteiger partial charge in [-0.05, 0) is 32.4 Å². The largest absolute Gasteiger partial charge is 0.353 e. The van der Waals surface area contributed by atoms with Crippen molar-refractivity contribution < 1.29 is 0 Å². The second kappa shape index (κ2) is 4.30. The number of pyridine rings is 1. The molecule has 0 atom stereocenters. The van der Waals surface area contributed by atoms with Crippen molar-refractivity contribution in [2.24, 2.45) is 0 Å². The van der Waals surface area contributed by atoms with Crippen molar-refractivity contribution in [3.05, 3.63) is 29.8 Å². The highest BCUT2D eigenvalue weighted by Gasteiger charge is 2.05. The van der Waals surface area contributed by atoms with E-state index in [1.807, 2.05) is 33.0 Å². The molecule has 0 aliphatic rings. The molecular weight excluding hydrogens is 202 g/mol. The summed E-state index contributed by atoms with van der Waals surface area (Å²) in [6, 6.07) is 2.00. The van der Waals surface area contributed by atoms with Gasteiger partial charge in [-0.25, -0.2) is 9.67 Å². The van der Waals surface area contributed by atoms with Crippen molar-refractivity contribution in [2.75, 3.05) is 11.9 Å². The second-order valence-corrected chi connectivity index (χ2v) is 3.66. The van der Waals surface area contributed by atoms with Crippen LogP contribution in [-0.2, 0) is 0 Å². The zero-order valence-corrected chi connectivity index (χ0v) is 9.73. The maximum atomic E-state index is 4.34. The lowest BCUT2D eigenvalue weighted by Gasteiger charge is -2.05. The van der Waals surface area contributed by atoms with E-state index in [2.05, 4.69) is 20.4 Å². The molecule has 2 heterocycles. The number of hydrogen-bond acceptors (Lipinski definition) is 4. The summed E-state index contributed by atoms with van der Waals surface area (Å²) in [5.41, 5.74) is 3.07. The fourth-order valence-electron chi connectivity index (χ4n) is 1.48. The molecule has 0 saturated carbocycles.